The number of thioether (sulfide) groups is 1. The number of anilines is 1. The van der Waals surface area contributed by atoms with Crippen molar-refractivity contribution in [2.24, 2.45) is 16.8 Å². The van der Waals surface area contributed by atoms with Gasteiger partial charge in [-0.05, 0) is 24.8 Å². The summed E-state index contributed by atoms with van der Waals surface area (Å²) in [6, 6.07) is 0.412. The van der Waals surface area contributed by atoms with E-state index >= 15 is 0 Å². The maximum absolute atomic E-state index is 13.0. The number of β-lactam (4-membered cyclic amide) rings is 1. The number of carbonyl (C=O) groups excluding carboxylic acids is 3. The van der Waals surface area contributed by atoms with Gasteiger partial charge in [-0.2, -0.15) is 0 Å². The van der Waals surface area contributed by atoms with Crippen LogP contribution in [-0.4, -0.2) is 79.9 Å². The number of carboxylic acids is 1. The van der Waals surface area contributed by atoms with Gasteiger partial charge in [0.15, 0.2) is 5.82 Å². The van der Waals surface area contributed by atoms with E-state index in [1.54, 1.807) is 0 Å². The monoisotopic (exact) mass is 491 g/mol. The molecule has 1 aliphatic carbocycles. The van der Waals surface area contributed by atoms with Crippen LogP contribution in [0.1, 0.15) is 18.7 Å². The average Bonchev–Trinajstić information content (AvgIpc) is 3.62. The topological polar surface area (TPSA) is 212 Å². The second kappa shape index (κ2) is 9.54. The highest BCUT2D eigenvalue weighted by Crippen LogP contribution is 2.40. The van der Waals surface area contributed by atoms with Gasteiger partial charge in [0.2, 0.25) is 5.71 Å². The molecule has 2 fully saturated rings. The molecular weight excluding hydrogens is 470 g/mol. The number of hydrogen-bond acceptors (Lipinski definition) is 11. The molecule has 180 valence electrons. The number of nitrogens with one attached hydrogen (secondary N) is 1. The molecule has 0 radical (unpaired) electrons. The maximum atomic E-state index is 13.0. The van der Waals surface area contributed by atoms with Gasteiger partial charge in [0.1, 0.15) is 36.1 Å². The Morgan fingerprint density at radius 1 is 1.35 bits per heavy atom. The van der Waals surface area contributed by atoms with E-state index in [1.807, 2.05) is 0 Å². The third-order valence-corrected chi connectivity index (χ3v) is 6.53. The van der Waals surface area contributed by atoms with Crippen molar-refractivity contribution < 1.29 is 33.9 Å². The van der Waals surface area contributed by atoms with E-state index in [2.05, 4.69) is 25.2 Å². The maximum Gasteiger partial charge on any atom is 0.404 e. The Morgan fingerprint density at radius 3 is 2.76 bits per heavy atom. The van der Waals surface area contributed by atoms with E-state index in [0.717, 1.165) is 17.7 Å². The Labute approximate surface area is 196 Å². The first-order chi connectivity index (χ1) is 16.3. The first kappa shape index (κ1) is 23.3. The summed E-state index contributed by atoms with van der Waals surface area (Å²) >= 11 is 1.20. The minimum absolute atomic E-state index is 0.0785. The summed E-state index contributed by atoms with van der Waals surface area (Å²) < 4.78 is 4.69. The number of hydrogen-bond donors (Lipinski definition) is 4. The van der Waals surface area contributed by atoms with Gasteiger partial charge < -0.3 is 31.5 Å². The molecule has 4 rings (SSSR count). The van der Waals surface area contributed by atoms with Crippen molar-refractivity contribution in [3.63, 3.8) is 0 Å². The van der Waals surface area contributed by atoms with Crippen LogP contribution in [0.5, 0.6) is 0 Å². The van der Waals surface area contributed by atoms with Gasteiger partial charge in [0.05, 0.1) is 0 Å². The molecule has 0 bridgehead atoms. The predicted octanol–water partition coefficient (Wildman–Crippen LogP) is -0.977. The molecule has 1 saturated carbocycles. The van der Waals surface area contributed by atoms with Gasteiger partial charge in [-0.25, -0.2) is 19.6 Å². The fraction of sp³-hybridized carbons (Fsp3) is 0.421. The first-order valence-electron chi connectivity index (χ1n) is 10.2. The van der Waals surface area contributed by atoms with Gasteiger partial charge in [0.25, 0.3) is 11.8 Å². The number of rotatable bonds is 9. The van der Waals surface area contributed by atoms with Crippen LogP contribution >= 0.6 is 11.8 Å². The highest BCUT2D eigenvalue weighted by Gasteiger charge is 2.54. The first-order valence-corrected chi connectivity index (χ1v) is 11.2. The van der Waals surface area contributed by atoms with Gasteiger partial charge in [-0.1, -0.05) is 5.16 Å². The molecule has 1 aromatic rings. The molecule has 0 aromatic carbocycles. The van der Waals surface area contributed by atoms with Crippen molar-refractivity contribution in [2.45, 2.75) is 24.3 Å². The largest absolute Gasteiger partial charge is 0.477 e. The highest BCUT2D eigenvalue weighted by atomic mass is 32.2. The van der Waals surface area contributed by atoms with Crippen molar-refractivity contribution >= 4 is 47.2 Å². The van der Waals surface area contributed by atoms with E-state index in [1.165, 1.54) is 24.0 Å². The molecule has 3 aliphatic rings. The molecule has 34 heavy (non-hydrogen) atoms. The van der Waals surface area contributed by atoms with E-state index in [0.29, 0.717) is 12.5 Å². The minimum Gasteiger partial charge on any atom is -0.477 e. The summed E-state index contributed by atoms with van der Waals surface area (Å²) in [6.07, 6.45) is 2.32. The number of aliphatic carboxylic acids is 1. The van der Waals surface area contributed by atoms with Crippen LogP contribution in [0, 0.1) is 5.92 Å². The normalized spacial score (nSPS) is 21.9. The molecule has 0 spiro atoms. The highest BCUT2D eigenvalue weighted by molar-refractivity contribution is 8.00. The Morgan fingerprint density at radius 2 is 2.12 bits per heavy atom. The molecule has 3 amide bonds. The zero-order valence-electron chi connectivity index (χ0n) is 17.7. The van der Waals surface area contributed by atoms with Crippen LogP contribution in [-0.2, 0) is 24.0 Å². The van der Waals surface area contributed by atoms with E-state index in [9.17, 15) is 24.3 Å². The Bertz CT molecular complexity index is 1100. The van der Waals surface area contributed by atoms with Crippen LogP contribution in [0.2, 0.25) is 0 Å². The number of nitrogen functional groups attached to an aromatic ring is 1. The van der Waals surface area contributed by atoms with E-state index < -0.39 is 35.3 Å². The summed E-state index contributed by atoms with van der Waals surface area (Å²) in [5.74, 6) is -2.22. The summed E-state index contributed by atoms with van der Waals surface area (Å²) in [5.41, 5.74) is 10.3. The van der Waals surface area contributed by atoms with Crippen LogP contribution < -0.4 is 16.8 Å². The lowest BCUT2D eigenvalue weighted by Gasteiger charge is -2.49. The van der Waals surface area contributed by atoms with Crippen molar-refractivity contribution in [3.05, 3.63) is 29.4 Å². The summed E-state index contributed by atoms with van der Waals surface area (Å²) in [7, 11) is 0. The summed E-state index contributed by atoms with van der Waals surface area (Å²) in [6.45, 7) is -0.0317. The third-order valence-electron chi connectivity index (χ3n) is 5.19. The van der Waals surface area contributed by atoms with Crippen LogP contribution in [0.3, 0.4) is 0 Å². The SMILES string of the molecule is NC(=O)OCC1=C(C(=O)O)N2C(=O)[C@@H](NC(=O)/C(=N\OCC3CC3)c3nccc(N)n3)[C@H]2SC1. The second-order valence-corrected chi connectivity index (χ2v) is 8.82. The fourth-order valence-corrected chi connectivity index (χ4v) is 4.65. The zero-order chi connectivity index (χ0) is 24.4. The number of nitrogens with two attached hydrogens (primary N) is 2. The number of carboxylic acid groups (broad SMARTS) is 1. The Hall–Kier alpha value is -3.88. The lowest BCUT2D eigenvalue weighted by molar-refractivity contribution is -0.150. The lowest BCUT2D eigenvalue weighted by atomic mass is 10.0. The number of ether oxygens (including phenoxy) is 1. The van der Waals surface area contributed by atoms with Crippen molar-refractivity contribution in [2.75, 3.05) is 24.7 Å². The molecule has 1 saturated heterocycles. The lowest BCUT2D eigenvalue weighted by Crippen LogP contribution is -2.71. The number of aromatic nitrogens is 2. The number of oxime groups is 1. The number of amides is 3. The molecule has 2 aliphatic heterocycles. The van der Waals surface area contributed by atoms with Crippen molar-refractivity contribution in [3.8, 4) is 0 Å². The number of carbonyl (C=O) groups is 4. The summed E-state index contributed by atoms with van der Waals surface area (Å²) in [5, 5.41) is 15.4. The molecule has 2 atom stereocenters. The summed E-state index contributed by atoms with van der Waals surface area (Å²) in [4.78, 5) is 62.8. The zero-order valence-corrected chi connectivity index (χ0v) is 18.5. The Balaban J connectivity index is 1.50. The molecule has 15 heteroatoms. The number of primary amides is 1. The standard InChI is InChI=1S/C19H21N7O7S/c20-10-3-4-22-14(23-10)11(25-33-5-8-1-2-8)15(27)24-12-16(28)26-13(18(29)30)9(6-32-19(21)31)7-34-17(12)26/h3-4,8,12,17H,1-2,5-7H2,(H2,21,31)(H,24,27)(H,29,30)(H2,20,22,23)/b25-11-/t12-,17-/m1/s1. The predicted molar refractivity (Wildman–Crippen MR) is 117 cm³/mol. The number of fused-ring (bicyclic) bond motifs is 1. The van der Waals surface area contributed by atoms with Crippen LogP contribution in [0.15, 0.2) is 28.7 Å². The van der Waals surface area contributed by atoms with Crippen molar-refractivity contribution in [1.82, 2.24) is 20.2 Å². The van der Waals surface area contributed by atoms with Crippen LogP contribution in [0.4, 0.5) is 10.6 Å². The number of nitrogens with zero attached hydrogens (tertiary/aromatic N) is 4. The molecule has 3 heterocycles. The second-order valence-electron chi connectivity index (χ2n) is 7.71. The molecule has 6 N–H and O–H groups in total. The van der Waals surface area contributed by atoms with Gasteiger partial charge in [-0.3, -0.25) is 14.5 Å². The minimum atomic E-state index is -1.37. The molecule has 1 aromatic heterocycles. The van der Waals surface area contributed by atoms with Crippen molar-refractivity contribution in [1.29, 1.82) is 0 Å². The van der Waals surface area contributed by atoms with E-state index in [-0.39, 0.29) is 41.0 Å². The van der Waals surface area contributed by atoms with Gasteiger partial charge in [-0.15, -0.1) is 11.8 Å². The molecule has 14 nitrogen and oxygen atoms in total. The molecular formula is C19H21N7O7S. The van der Waals surface area contributed by atoms with Crippen LogP contribution in [0.25, 0.3) is 0 Å². The Kier molecular flexibility index (Phi) is 6.54. The smallest absolute Gasteiger partial charge is 0.404 e. The van der Waals surface area contributed by atoms with Gasteiger partial charge >= 0.3 is 12.1 Å². The third kappa shape index (κ3) is 4.88. The van der Waals surface area contributed by atoms with E-state index in [4.69, 9.17) is 16.3 Å². The average molecular weight is 491 g/mol. The fourth-order valence-electron chi connectivity index (χ4n) is 3.32. The molecule has 0 unspecified atom stereocenters. The van der Waals surface area contributed by atoms with Gasteiger partial charge in [0, 0.05) is 17.5 Å². The quantitative estimate of drug-likeness (QED) is 0.187.